The molecule has 2 rings (SSSR count). The van der Waals surface area contributed by atoms with Crippen LogP contribution in [-0.2, 0) is 19.1 Å². The molecule has 0 radical (unpaired) electrons. The highest BCUT2D eigenvalue weighted by atomic mass is 16.6. The topological polar surface area (TPSA) is 60.4 Å². The molecule has 4 nitrogen and oxygen atoms in total. The average molecular weight is 264 g/mol. The lowest BCUT2D eigenvalue weighted by Crippen LogP contribution is -2.41. The molecule has 0 bridgehead atoms. The molecule has 3 atom stereocenters. The zero-order chi connectivity index (χ0) is 14.2. The fourth-order valence-electron chi connectivity index (χ4n) is 2.95. The van der Waals surface area contributed by atoms with E-state index in [4.69, 9.17) is 4.74 Å². The van der Waals surface area contributed by atoms with Crippen LogP contribution in [0.15, 0.2) is 12.2 Å². The maximum atomic E-state index is 12.3. The van der Waals surface area contributed by atoms with Gasteiger partial charge in [0.15, 0.2) is 0 Å². The van der Waals surface area contributed by atoms with Gasteiger partial charge in [-0.05, 0) is 12.8 Å². The molecule has 0 aromatic carbocycles. The van der Waals surface area contributed by atoms with E-state index >= 15 is 0 Å². The van der Waals surface area contributed by atoms with Gasteiger partial charge in [-0.15, -0.1) is 0 Å². The third kappa shape index (κ3) is 2.48. The van der Waals surface area contributed by atoms with E-state index in [2.05, 4.69) is 6.58 Å². The number of fused-ring (bicyclic) bond motifs is 1. The lowest BCUT2D eigenvalue weighted by molar-refractivity contribution is -0.146. The largest absolute Gasteiger partial charge is 0.458 e. The van der Waals surface area contributed by atoms with Crippen molar-refractivity contribution in [2.45, 2.75) is 52.1 Å². The third-order valence-electron chi connectivity index (χ3n) is 4.50. The molecule has 104 valence electrons. The van der Waals surface area contributed by atoms with Gasteiger partial charge in [-0.25, -0.2) is 4.79 Å². The standard InChI is InChI=1S/C15H20O4/c1-4-10(16)5-6-15(3)8-12-11(7-13(15)17)9(2)14(18)19-12/h11-12H,2,4-8H2,1,3H3/t11-,12-,15?/m1/s1. The van der Waals surface area contributed by atoms with Crippen molar-refractivity contribution in [3.8, 4) is 0 Å². The number of ether oxygens (including phenoxy) is 1. The molecule has 0 N–H and O–H groups in total. The first kappa shape index (κ1) is 14.0. The Morgan fingerprint density at radius 2 is 2.16 bits per heavy atom. The third-order valence-corrected chi connectivity index (χ3v) is 4.50. The molecule has 19 heavy (non-hydrogen) atoms. The van der Waals surface area contributed by atoms with Gasteiger partial charge in [0.1, 0.15) is 17.7 Å². The smallest absolute Gasteiger partial charge is 0.334 e. The molecule has 0 aromatic heterocycles. The number of hydrogen-bond donors (Lipinski definition) is 0. The molecule has 1 unspecified atom stereocenters. The fraction of sp³-hybridized carbons (Fsp3) is 0.667. The fourth-order valence-corrected chi connectivity index (χ4v) is 2.95. The first-order valence-electron chi connectivity index (χ1n) is 6.82. The van der Waals surface area contributed by atoms with E-state index < -0.39 is 5.41 Å². The van der Waals surface area contributed by atoms with Gasteiger partial charge < -0.3 is 4.74 Å². The quantitative estimate of drug-likeness (QED) is 0.577. The van der Waals surface area contributed by atoms with Crippen LogP contribution in [0.1, 0.15) is 46.0 Å². The summed E-state index contributed by atoms with van der Waals surface area (Å²) in [4.78, 5) is 35.2. The van der Waals surface area contributed by atoms with Crippen molar-refractivity contribution in [2.75, 3.05) is 0 Å². The molecular weight excluding hydrogens is 244 g/mol. The van der Waals surface area contributed by atoms with Gasteiger partial charge in [0.25, 0.3) is 0 Å². The van der Waals surface area contributed by atoms with Gasteiger partial charge in [0, 0.05) is 36.2 Å². The summed E-state index contributed by atoms with van der Waals surface area (Å²) in [5.41, 5.74) is -0.123. The Hall–Kier alpha value is -1.45. The summed E-state index contributed by atoms with van der Waals surface area (Å²) < 4.78 is 5.28. The monoisotopic (exact) mass is 264 g/mol. The van der Waals surface area contributed by atoms with Crippen LogP contribution in [-0.4, -0.2) is 23.6 Å². The highest BCUT2D eigenvalue weighted by molar-refractivity contribution is 5.95. The number of hydrogen-bond acceptors (Lipinski definition) is 4. The minimum Gasteiger partial charge on any atom is -0.458 e. The van der Waals surface area contributed by atoms with Crippen molar-refractivity contribution in [1.29, 1.82) is 0 Å². The van der Waals surface area contributed by atoms with Gasteiger partial charge in [-0.1, -0.05) is 20.4 Å². The van der Waals surface area contributed by atoms with Crippen molar-refractivity contribution in [1.82, 2.24) is 0 Å². The number of carbonyl (C=O) groups is 3. The van der Waals surface area contributed by atoms with Crippen LogP contribution >= 0.6 is 0 Å². The maximum Gasteiger partial charge on any atom is 0.334 e. The summed E-state index contributed by atoms with van der Waals surface area (Å²) in [5, 5.41) is 0. The van der Waals surface area contributed by atoms with Crippen LogP contribution in [0.5, 0.6) is 0 Å². The summed E-state index contributed by atoms with van der Waals surface area (Å²) in [5.74, 6) is -0.243. The van der Waals surface area contributed by atoms with Gasteiger partial charge >= 0.3 is 5.97 Å². The second kappa shape index (κ2) is 4.91. The van der Waals surface area contributed by atoms with E-state index in [0.717, 1.165) is 0 Å². The Balaban J connectivity index is 2.08. The van der Waals surface area contributed by atoms with Crippen LogP contribution in [0, 0.1) is 11.3 Å². The number of carbonyl (C=O) groups excluding carboxylic acids is 3. The zero-order valence-electron chi connectivity index (χ0n) is 11.5. The summed E-state index contributed by atoms with van der Waals surface area (Å²) in [6.45, 7) is 7.41. The van der Waals surface area contributed by atoms with Crippen molar-refractivity contribution in [3.63, 3.8) is 0 Å². The minimum absolute atomic E-state index is 0.122. The van der Waals surface area contributed by atoms with Gasteiger partial charge in [0.2, 0.25) is 0 Å². The average Bonchev–Trinajstić information content (AvgIpc) is 2.63. The summed E-state index contributed by atoms with van der Waals surface area (Å²) >= 11 is 0. The highest BCUT2D eigenvalue weighted by Crippen LogP contribution is 2.46. The lowest BCUT2D eigenvalue weighted by Gasteiger charge is -2.37. The van der Waals surface area contributed by atoms with E-state index in [-0.39, 0.29) is 29.6 Å². The highest BCUT2D eigenvalue weighted by Gasteiger charge is 2.50. The molecule has 1 saturated carbocycles. The number of rotatable bonds is 4. The molecule has 0 amide bonds. The molecule has 0 aromatic rings. The molecule has 2 fully saturated rings. The minimum atomic E-state index is -0.545. The first-order chi connectivity index (χ1) is 8.87. The Morgan fingerprint density at radius 1 is 1.47 bits per heavy atom. The number of Topliss-reactive ketones (excluding diaryl/α,β-unsaturated/α-hetero) is 2. The van der Waals surface area contributed by atoms with Crippen molar-refractivity contribution in [2.24, 2.45) is 11.3 Å². The molecule has 4 heteroatoms. The molecule has 1 aliphatic carbocycles. The SMILES string of the molecule is C=C1C(=O)O[C@@H]2CC(C)(CCC(=O)CC)C(=O)C[C@H]12. The van der Waals surface area contributed by atoms with Crippen molar-refractivity contribution in [3.05, 3.63) is 12.2 Å². The van der Waals surface area contributed by atoms with Crippen LogP contribution < -0.4 is 0 Å². The molecule has 1 saturated heterocycles. The van der Waals surface area contributed by atoms with E-state index in [0.29, 0.717) is 37.7 Å². The summed E-state index contributed by atoms with van der Waals surface area (Å²) in [6, 6.07) is 0. The van der Waals surface area contributed by atoms with Gasteiger partial charge in [-0.3, -0.25) is 9.59 Å². The molecule has 2 aliphatic rings. The van der Waals surface area contributed by atoms with Crippen LogP contribution in [0.4, 0.5) is 0 Å². The molecule has 1 aliphatic heterocycles. The zero-order valence-corrected chi connectivity index (χ0v) is 11.5. The molecular formula is C15H20O4. The summed E-state index contributed by atoms with van der Waals surface area (Å²) in [7, 11) is 0. The van der Waals surface area contributed by atoms with Crippen LogP contribution in [0.25, 0.3) is 0 Å². The Labute approximate surface area is 113 Å². The second-order valence-electron chi connectivity index (χ2n) is 5.86. The predicted octanol–water partition coefficient (Wildman–Crippen LogP) is 2.21. The van der Waals surface area contributed by atoms with Crippen LogP contribution in [0.3, 0.4) is 0 Å². The van der Waals surface area contributed by atoms with Crippen molar-refractivity contribution < 1.29 is 19.1 Å². The Bertz CT molecular complexity index is 451. The van der Waals surface area contributed by atoms with Gasteiger partial charge in [0.05, 0.1) is 0 Å². The predicted molar refractivity (Wildman–Crippen MR) is 69.4 cm³/mol. The normalized spacial score (nSPS) is 34.1. The van der Waals surface area contributed by atoms with E-state index in [9.17, 15) is 14.4 Å². The van der Waals surface area contributed by atoms with E-state index in [1.165, 1.54) is 0 Å². The summed E-state index contributed by atoms with van der Waals surface area (Å²) in [6.07, 6.45) is 2.06. The Morgan fingerprint density at radius 3 is 2.79 bits per heavy atom. The number of esters is 1. The van der Waals surface area contributed by atoms with E-state index in [1.54, 1.807) is 0 Å². The second-order valence-corrected chi connectivity index (χ2v) is 5.86. The van der Waals surface area contributed by atoms with Gasteiger partial charge in [-0.2, -0.15) is 0 Å². The Kier molecular flexibility index (Phi) is 3.61. The van der Waals surface area contributed by atoms with Crippen LogP contribution in [0.2, 0.25) is 0 Å². The lowest BCUT2D eigenvalue weighted by atomic mass is 9.66. The molecule has 1 heterocycles. The van der Waals surface area contributed by atoms with E-state index in [1.807, 2.05) is 13.8 Å². The van der Waals surface area contributed by atoms with Crippen molar-refractivity contribution >= 4 is 17.5 Å². The maximum absolute atomic E-state index is 12.3. The first-order valence-corrected chi connectivity index (χ1v) is 6.82. The molecule has 0 spiro atoms. The number of ketones is 2.